The Hall–Kier alpha value is -2.90. The number of ether oxygens (including phenoxy) is 1. The number of aromatic amines is 1. The Balaban J connectivity index is 0.00000324. The van der Waals surface area contributed by atoms with Crippen LogP contribution in [0, 0.1) is 0 Å². The summed E-state index contributed by atoms with van der Waals surface area (Å²) < 4.78 is 5.95. The van der Waals surface area contributed by atoms with Gasteiger partial charge >= 0.3 is 0 Å². The molecule has 0 radical (unpaired) electrons. The first kappa shape index (κ1) is 25.7. The molecule has 3 aromatic rings. The predicted octanol–water partition coefficient (Wildman–Crippen LogP) is 3.96. The summed E-state index contributed by atoms with van der Waals surface area (Å²) in [6.45, 7) is 4.58. The number of H-pyrrole nitrogens is 1. The number of nitrogen functional groups attached to an aromatic ring is 1. The number of carbonyl (C=O) groups excluding carboxylic acids is 1. The van der Waals surface area contributed by atoms with Crippen molar-refractivity contribution in [2.45, 2.75) is 32.1 Å². The number of halogens is 1. The molecule has 0 aliphatic carbocycles. The molecule has 184 valence electrons. The number of aromatic nitrogens is 1. The lowest BCUT2D eigenvalue weighted by atomic mass is 10.1. The maximum Gasteiger partial charge on any atom is 0.222 e. The molecule has 0 atom stereocenters. The number of anilines is 2. The molecule has 2 heterocycles. The van der Waals surface area contributed by atoms with E-state index in [2.05, 4.69) is 22.0 Å². The van der Waals surface area contributed by atoms with E-state index in [0.29, 0.717) is 19.6 Å². The van der Waals surface area contributed by atoms with Gasteiger partial charge in [-0.1, -0.05) is 0 Å². The number of unbranched alkanes of at least 4 members (excludes halogenated alkanes) is 2. The van der Waals surface area contributed by atoms with Gasteiger partial charge in [-0.3, -0.25) is 4.79 Å². The van der Waals surface area contributed by atoms with E-state index in [1.807, 2.05) is 41.4 Å². The van der Waals surface area contributed by atoms with Crippen molar-refractivity contribution in [3.05, 3.63) is 54.2 Å². The topological polar surface area (TPSA) is 101 Å². The summed E-state index contributed by atoms with van der Waals surface area (Å²) in [4.78, 5) is 20.2. The third-order valence-corrected chi connectivity index (χ3v) is 6.35. The van der Waals surface area contributed by atoms with Gasteiger partial charge in [0.25, 0.3) is 0 Å². The van der Waals surface area contributed by atoms with Gasteiger partial charge in [0.05, 0.1) is 6.61 Å². The Morgan fingerprint density at radius 1 is 1.00 bits per heavy atom. The van der Waals surface area contributed by atoms with Crippen LogP contribution in [-0.4, -0.2) is 55.1 Å². The highest BCUT2D eigenvalue weighted by Gasteiger charge is 2.20. The fraction of sp³-hybridized carbons (Fsp3) is 0.423. The number of piperazine rings is 1. The summed E-state index contributed by atoms with van der Waals surface area (Å²) >= 11 is 0. The van der Waals surface area contributed by atoms with Crippen LogP contribution in [0.3, 0.4) is 0 Å². The number of carbonyl (C=O) groups is 1. The molecule has 7 nitrogen and oxygen atoms in total. The minimum Gasteiger partial charge on any atom is -0.494 e. The van der Waals surface area contributed by atoms with Crippen molar-refractivity contribution >= 4 is 40.6 Å². The van der Waals surface area contributed by atoms with E-state index in [0.717, 1.165) is 68.8 Å². The number of fused-ring (bicyclic) bond motifs is 1. The fourth-order valence-electron chi connectivity index (χ4n) is 4.41. The number of nitrogens with zero attached hydrogens (tertiary/aromatic N) is 2. The molecule has 4 rings (SSSR count). The van der Waals surface area contributed by atoms with Gasteiger partial charge in [0, 0.05) is 61.1 Å². The molecule has 8 heteroatoms. The summed E-state index contributed by atoms with van der Waals surface area (Å²) in [6, 6.07) is 14.1. The van der Waals surface area contributed by atoms with E-state index in [1.165, 1.54) is 16.6 Å². The van der Waals surface area contributed by atoms with Crippen LogP contribution in [0.4, 0.5) is 11.4 Å². The third kappa shape index (κ3) is 6.58. The van der Waals surface area contributed by atoms with Gasteiger partial charge in [-0.2, -0.15) is 0 Å². The van der Waals surface area contributed by atoms with E-state index in [1.54, 1.807) is 0 Å². The van der Waals surface area contributed by atoms with Gasteiger partial charge in [0.1, 0.15) is 5.75 Å². The lowest BCUT2D eigenvalue weighted by Crippen LogP contribution is -2.48. The first-order chi connectivity index (χ1) is 16.1. The molecule has 0 saturated carbocycles. The molecule has 2 aromatic carbocycles. The van der Waals surface area contributed by atoms with Crippen molar-refractivity contribution in [2.24, 2.45) is 5.73 Å². The standard InChI is InChI=1S/C26H35N5O2.ClH/c27-12-11-20-19-29-25-10-9-23(18-24(20)25)33-17-3-1-2-4-26(32)31-15-13-30(14-16-31)22-7-5-21(28)6-8-22;/h5-10,18-19,29H,1-4,11-17,27-28H2;1H. The van der Waals surface area contributed by atoms with Crippen molar-refractivity contribution in [2.75, 3.05) is 50.0 Å². The zero-order valence-corrected chi connectivity index (χ0v) is 20.5. The summed E-state index contributed by atoms with van der Waals surface area (Å²) in [6.07, 6.45) is 6.32. The highest BCUT2D eigenvalue weighted by Crippen LogP contribution is 2.24. The van der Waals surface area contributed by atoms with Crippen LogP contribution < -0.4 is 21.1 Å². The summed E-state index contributed by atoms with van der Waals surface area (Å²) in [7, 11) is 0. The highest BCUT2D eigenvalue weighted by molar-refractivity contribution is 5.85. The first-order valence-corrected chi connectivity index (χ1v) is 11.9. The van der Waals surface area contributed by atoms with Crippen LogP contribution >= 0.6 is 12.4 Å². The Morgan fingerprint density at radius 3 is 2.50 bits per heavy atom. The van der Waals surface area contributed by atoms with Crippen LogP contribution in [-0.2, 0) is 11.2 Å². The second-order valence-electron chi connectivity index (χ2n) is 8.68. The molecule has 0 spiro atoms. The molecule has 1 saturated heterocycles. The number of nitrogens with two attached hydrogens (primary N) is 2. The van der Waals surface area contributed by atoms with Crippen LogP contribution in [0.5, 0.6) is 5.75 Å². The van der Waals surface area contributed by atoms with Crippen LogP contribution in [0.1, 0.15) is 31.2 Å². The summed E-state index contributed by atoms with van der Waals surface area (Å²) in [5.74, 6) is 1.15. The monoisotopic (exact) mass is 485 g/mol. The number of benzene rings is 2. The second kappa shape index (κ2) is 12.5. The van der Waals surface area contributed by atoms with Crippen molar-refractivity contribution in [1.29, 1.82) is 0 Å². The van der Waals surface area contributed by atoms with Crippen LogP contribution in [0.15, 0.2) is 48.7 Å². The average molecular weight is 486 g/mol. The van der Waals surface area contributed by atoms with Crippen LogP contribution in [0.2, 0.25) is 0 Å². The zero-order valence-electron chi connectivity index (χ0n) is 19.7. The molecule has 1 aromatic heterocycles. The van der Waals surface area contributed by atoms with E-state index in [4.69, 9.17) is 16.2 Å². The number of amides is 1. The Morgan fingerprint density at radius 2 is 1.76 bits per heavy atom. The number of rotatable bonds is 10. The Labute approximate surface area is 207 Å². The average Bonchev–Trinajstić information content (AvgIpc) is 3.24. The lowest BCUT2D eigenvalue weighted by molar-refractivity contribution is -0.131. The molecule has 34 heavy (non-hydrogen) atoms. The van der Waals surface area contributed by atoms with E-state index in [-0.39, 0.29) is 18.3 Å². The van der Waals surface area contributed by atoms with Gasteiger partial charge in [0.15, 0.2) is 0 Å². The maximum atomic E-state index is 12.6. The minimum absolute atomic E-state index is 0. The number of nitrogens with one attached hydrogen (secondary N) is 1. The van der Waals surface area contributed by atoms with Gasteiger partial charge in [-0.15, -0.1) is 12.4 Å². The van der Waals surface area contributed by atoms with Crippen molar-refractivity contribution < 1.29 is 9.53 Å². The minimum atomic E-state index is 0. The molecular formula is C26H36ClN5O2. The van der Waals surface area contributed by atoms with Gasteiger partial charge in [-0.25, -0.2) is 0 Å². The second-order valence-corrected chi connectivity index (χ2v) is 8.68. The maximum absolute atomic E-state index is 12.6. The van der Waals surface area contributed by atoms with E-state index in [9.17, 15) is 4.79 Å². The van der Waals surface area contributed by atoms with Crippen molar-refractivity contribution in [1.82, 2.24) is 9.88 Å². The molecule has 1 aliphatic heterocycles. The Kier molecular flexibility index (Phi) is 9.48. The highest BCUT2D eigenvalue weighted by atomic mass is 35.5. The van der Waals surface area contributed by atoms with Crippen molar-refractivity contribution in [3.63, 3.8) is 0 Å². The van der Waals surface area contributed by atoms with Gasteiger partial charge < -0.3 is 31.0 Å². The predicted molar refractivity (Wildman–Crippen MR) is 142 cm³/mol. The van der Waals surface area contributed by atoms with E-state index >= 15 is 0 Å². The number of hydrogen-bond acceptors (Lipinski definition) is 5. The summed E-state index contributed by atoms with van der Waals surface area (Å²) in [5, 5.41) is 1.18. The fourth-order valence-corrected chi connectivity index (χ4v) is 4.41. The largest absolute Gasteiger partial charge is 0.494 e. The lowest BCUT2D eigenvalue weighted by Gasteiger charge is -2.36. The molecule has 5 N–H and O–H groups in total. The normalized spacial score (nSPS) is 13.7. The van der Waals surface area contributed by atoms with E-state index < -0.39 is 0 Å². The summed E-state index contributed by atoms with van der Waals surface area (Å²) in [5.41, 5.74) is 15.8. The Bertz CT molecular complexity index is 1050. The molecule has 1 aliphatic rings. The molecule has 0 bridgehead atoms. The smallest absolute Gasteiger partial charge is 0.222 e. The number of hydrogen-bond donors (Lipinski definition) is 3. The van der Waals surface area contributed by atoms with Crippen molar-refractivity contribution in [3.8, 4) is 5.75 Å². The molecule has 1 amide bonds. The molecule has 0 unspecified atom stereocenters. The SMILES string of the molecule is Cl.NCCc1c[nH]c2ccc(OCCCCCC(=O)N3CCN(c4ccc(N)cc4)CC3)cc12. The quantitative estimate of drug-likeness (QED) is 0.298. The van der Waals surface area contributed by atoms with Gasteiger partial charge in [-0.05, 0) is 80.3 Å². The first-order valence-electron chi connectivity index (χ1n) is 11.9. The molecular weight excluding hydrogens is 450 g/mol. The third-order valence-electron chi connectivity index (χ3n) is 6.35. The van der Waals surface area contributed by atoms with Gasteiger partial charge in [0.2, 0.25) is 5.91 Å². The molecule has 1 fully saturated rings. The zero-order chi connectivity index (χ0) is 23.0. The van der Waals surface area contributed by atoms with Crippen LogP contribution in [0.25, 0.3) is 10.9 Å².